The molecular formula is C20H21NO4. The third kappa shape index (κ3) is 2.33. The molecule has 1 aliphatic heterocycles. The Morgan fingerprint density at radius 2 is 1.96 bits per heavy atom. The van der Waals surface area contributed by atoms with E-state index in [2.05, 4.69) is 0 Å². The second-order valence-electron chi connectivity index (χ2n) is 8.06. The predicted octanol–water partition coefficient (Wildman–Crippen LogP) is 2.60. The monoisotopic (exact) mass is 339 g/mol. The number of hydrogen-bond donors (Lipinski definition) is 0. The lowest BCUT2D eigenvalue weighted by Gasteiger charge is -2.38. The van der Waals surface area contributed by atoms with E-state index in [-0.39, 0.29) is 11.2 Å². The van der Waals surface area contributed by atoms with Gasteiger partial charge in [0, 0.05) is 29.3 Å². The third-order valence-corrected chi connectivity index (χ3v) is 5.31. The van der Waals surface area contributed by atoms with Crippen LogP contribution in [0.15, 0.2) is 36.0 Å². The molecule has 1 heterocycles. The molecule has 1 amide bonds. The molecule has 2 atom stereocenters. The van der Waals surface area contributed by atoms with Gasteiger partial charge in [0.05, 0.1) is 0 Å². The highest BCUT2D eigenvalue weighted by molar-refractivity contribution is 6.33. The molecule has 130 valence electrons. The molecule has 4 rings (SSSR count). The normalized spacial score (nSPS) is 26.8. The summed E-state index contributed by atoms with van der Waals surface area (Å²) < 4.78 is 5.23. The number of esters is 1. The Balaban J connectivity index is 1.71. The zero-order valence-corrected chi connectivity index (χ0v) is 14.7. The molecule has 1 saturated carbocycles. The summed E-state index contributed by atoms with van der Waals surface area (Å²) in [7, 11) is 0. The maximum absolute atomic E-state index is 12.7. The highest BCUT2D eigenvalue weighted by atomic mass is 16.6. The Hall–Kier alpha value is -2.43. The first kappa shape index (κ1) is 16.1. The smallest absolute Gasteiger partial charge is 0.397 e. The van der Waals surface area contributed by atoms with E-state index in [1.54, 1.807) is 26.8 Å². The van der Waals surface area contributed by atoms with Crippen LogP contribution in [0.4, 0.5) is 0 Å². The van der Waals surface area contributed by atoms with Crippen LogP contribution in [-0.4, -0.2) is 34.7 Å². The zero-order valence-electron chi connectivity index (χ0n) is 14.7. The van der Waals surface area contributed by atoms with Crippen molar-refractivity contribution in [1.82, 2.24) is 4.90 Å². The fourth-order valence-electron chi connectivity index (χ4n) is 4.24. The quantitative estimate of drug-likeness (QED) is 0.538. The molecule has 5 nitrogen and oxygen atoms in total. The van der Waals surface area contributed by atoms with Crippen molar-refractivity contribution < 1.29 is 19.1 Å². The Morgan fingerprint density at radius 1 is 1.24 bits per heavy atom. The topological polar surface area (TPSA) is 63.7 Å². The van der Waals surface area contributed by atoms with Crippen LogP contribution < -0.4 is 0 Å². The van der Waals surface area contributed by atoms with Crippen LogP contribution in [0.25, 0.3) is 0 Å². The number of nitrogens with zero attached hydrogens (tertiary/aromatic N) is 1. The molecule has 0 N–H and O–H groups in total. The Bertz CT molecular complexity index is 832. The molecule has 1 spiro atoms. The van der Waals surface area contributed by atoms with Gasteiger partial charge < -0.3 is 9.64 Å². The molecule has 1 saturated heterocycles. The molecule has 0 aromatic heterocycles. The number of carbonyl (C=O) groups excluding carboxylic acids is 3. The molecule has 0 bridgehead atoms. The van der Waals surface area contributed by atoms with E-state index in [1.807, 2.05) is 24.3 Å². The molecule has 5 heteroatoms. The van der Waals surface area contributed by atoms with Gasteiger partial charge in [0.15, 0.2) is 5.78 Å². The average molecular weight is 339 g/mol. The fraction of sp³-hybridized carbons (Fsp3) is 0.450. The number of carbonyl (C=O) groups is 3. The lowest BCUT2D eigenvalue weighted by Crippen LogP contribution is -2.47. The highest BCUT2D eigenvalue weighted by Gasteiger charge is 2.64. The standard InChI is InChI=1S/C20H21NO4/c1-19(2,3)25-18(24)17(23)21-9-8-12-11-20(12)14-7-5-4-6-13(14)15(22)10-16(20)21/h4-7,10,12H,8-9,11H2,1-3H3/t12-,20+/m0/s1. The number of piperidine rings is 1. The molecule has 1 aromatic rings. The SMILES string of the molecule is CC(C)(C)OC(=O)C(=O)N1CC[C@H]2C[C@@]23C1=CC(=O)c1ccccc13. The van der Waals surface area contributed by atoms with Gasteiger partial charge >= 0.3 is 11.9 Å². The van der Waals surface area contributed by atoms with E-state index >= 15 is 0 Å². The summed E-state index contributed by atoms with van der Waals surface area (Å²) in [5.41, 5.74) is 1.35. The minimum absolute atomic E-state index is 0.106. The van der Waals surface area contributed by atoms with Crippen LogP contribution in [0.2, 0.25) is 0 Å². The summed E-state index contributed by atoms with van der Waals surface area (Å²) in [5.74, 6) is -1.23. The second kappa shape index (κ2) is 5.04. The van der Waals surface area contributed by atoms with Gasteiger partial charge in [-0.15, -0.1) is 0 Å². The van der Waals surface area contributed by atoms with Gasteiger partial charge in [-0.25, -0.2) is 4.79 Å². The molecular weight excluding hydrogens is 318 g/mol. The highest BCUT2D eigenvalue weighted by Crippen LogP contribution is 2.65. The third-order valence-electron chi connectivity index (χ3n) is 5.31. The first-order valence-electron chi connectivity index (χ1n) is 8.65. The van der Waals surface area contributed by atoms with Crippen LogP contribution in [0.5, 0.6) is 0 Å². The number of benzene rings is 1. The van der Waals surface area contributed by atoms with Gasteiger partial charge in [-0.3, -0.25) is 9.59 Å². The summed E-state index contributed by atoms with van der Waals surface area (Å²) in [6.45, 7) is 5.64. The maximum atomic E-state index is 12.7. The van der Waals surface area contributed by atoms with Crippen LogP contribution in [0.3, 0.4) is 0 Å². The van der Waals surface area contributed by atoms with Gasteiger partial charge in [0.25, 0.3) is 0 Å². The van der Waals surface area contributed by atoms with Crippen molar-refractivity contribution in [2.24, 2.45) is 5.92 Å². The first-order chi connectivity index (χ1) is 11.7. The molecule has 0 radical (unpaired) electrons. The van der Waals surface area contributed by atoms with E-state index in [0.717, 1.165) is 18.4 Å². The van der Waals surface area contributed by atoms with Crippen LogP contribution >= 0.6 is 0 Å². The first-order valence-corrected chi connectivity index (χ1v) is 8.65. The minimum atomic E-state index is -0.867. The Kier molecular flexibility index (Phi) is 3.24. The number of fused-ring (bicyclic) bond motifs is 1. The van der Waals surface area contributed by atoms with E-state index in [4.69, 9.17) is 4.74 Å². The van der Waals surface area contributed by atoms with Gasteiger partial charge in [0.2, 0.25) is 0 Å². The van der Waals surface area contributed by atoms with E-state index in [9.17, 15) is 14.4 Å². The molecule has 0 unspecified atom stereocenters. The van der Waals surface area contributed by atoms with Gasteiger partial charge in [0.1, 0.15) is 5.60 Å². The Labute approximate surface area is 146 Å². The lowest BCUT2D eigenvalue weighted by atomic mass is 9.77. The molecule has 25 heavy (non-hydrogen) atoms. The number of ether oxygens (including phenoxy) is 1. The van der Waals surface area contributed by atoms with Crippen molar-refractivity contribution >= 4 is 17.7 Å². The van der Waals surface area contributed by atoms with Crippen molar-refractivity contribution in [3.05, 3.63) is 47.2 Å². The molecule has 2 fully saturated rings. The predicted molar refractivity (Wildman–Crippen MR) is 90.8 cm³/mol. The minimum Gasteiger partial charge on any atom is -0.453 e. The van der Waals surface area contributed by atoms with Crippen molar-refractivity contribution in [1.29, 1.82) is 0 Å². The van der Waals surface area contributed by atoms with Crippen LogP contribution in [0.1, 0.15) is 49.5 Å². The van der Waals surface area contributed by atoms with E-state index < -0.39 is 17.5 Å². The van der Waals surface area contributed by atoms with Crippen LogP contribution in [0, 0.1) is 5.92 Å². The van der Waals surface area contributed by atoms with Gasteiger partial charge in [-0.1, -0.05) is 24.3 Å². The maximum Gasteiger partial charge on any atom is 0.397 e. The van der Waals surface area contributed by atoms with Crippen molar-refractivity contribution in [2.45, 2.75) is 44.6 Å². The fourth-order valence-corrected chi connectivity index (χ4v) is 4.24. The van der Waals surface area contributed by atoms with Gasteiger partial charge in [-0.05, 0) is 45.1 Å². The summed E-state index contributed by atoms with van der Waals surface area (Å²) in [6.07, 6.45) is 3.29. The second-order valence-corrected chi connectivity index (χ2v) is 8.06. The zero-order chi connectivity index (χ0) is 18.0. The van der Waals surface area contributed by atoms with Crippen molar-refractivity contribution in [2.75, 3.05) is 6.54 Å². The number of rotatable bonds is 0. The number of likely N-dealkylation sites (tertiary alicyclic amines) is 1. The van der Waals surface area contributed by atoms with Crippen LogP contribution in [-0.2, 0) is 19.7 Å². The number of hydrogen-bond acceptors (Lipinski definition) is 4. The summed E-state index contributed by atoms with van der Waals surface area (Å²) in [6, 6.07) is 7.59. The van der Waals surface area contributed by atoms with E-state index in [1.165, 1.54) is 4.90 Å². The number of allylic oxidation sites excluding steroid dienone is 2. The molecule has 1 aromatic carbocycles. The largest absolute Gasteiger partial charge is 0.453 e. The number of ketones is 1. The summed E-state index contributed by atoms with van der Waals surface area (Å²) in [4.78, 5) is 39.0. The van der Waals surface area contributed by atoms with Gasteiger partial charge in [-0.2, -0.15) is 0 Å². The Morgan fingerprint density at radius 3 is 2.68 bits per heavy atom. The van der Waals surface area contributed by atoms with E-state index in [0.29, 0.717) is 23.7 Å². The van der Waals surface area contributed by atoms with Crippen molar-refractivity contribution in [3.8, 4) is 0 Å². The summed E-state index contributed by atoms with van der Waals surface area (Å²) >= 11 is 0. The van der Waals surface area contributed by atoms with Crippen molar-refractivity contribution in [3.63, 3.8) is 0 Å². The summed E-state index contributed by atoms with van der Waals surface area (Å²) in [5, 5.41) is 0. The average Bonchev–Trinajstić information content (AvgIpc) is 3.28. The molecule has 3 aliphatic rings. The molecule has 2 aliphatic carbocycles. The lowest BCUT2D eigenvalue weighted by molar-refractivity contribution is -0.167. The number of amides is 1.